The molecule has 0 saturated heterocycles. The van der Waals surface area contributed by atoms with Gasteiger partial charge < -0.3 is 15.0 Å². The van der Waals surface area contributed by atoms with Gasteiger partial charge in [-0.05, 0) is 35.6 Å². The Morgan fingerprint density at radius 2 is 2.26 bits per heavy atom. The molecule has 0 spiro atoms. The van der Waals surface area contributed by atoms with E-state index in [4.69, 9.17) is 4.74 Å². The smallest absolute Gasteiger partial charge is 0.264 e. The summed E-state index contributed by atoms with van der Waals surface area (Å²) in [6.07, 6.45) is 1.14. The van der Waals surface area contributed by atoms with Crippen LogP contribution < -0.4 is 15.0 Å². The van der Waals surface area contributed by atoms with E-state index in [1.165, 1.54) is 0 Å². The van der Waals surface area contributed by atoms with Crippen molar-refractivity contribution in [2.45, 2.75) is 12.8 Å². The number of carbonyl (C=O) groups is 2. The minimum atomic E-state index is -0.0566. The standard InChI is InChI=1S/C17H18N2O3S/c1-19-14-9-12(4-5-15(14)22-11-17(19)21)6-7-18-16(20)10-13-3-2-8-23-13/h2-5,8-9H,6-7,10-11H2,1H3,(H,18,20). The number of likely N-dealkylation sites (N-methyl/N-ethyl adjacent to an activating group) is 1. The van der Waals surface area contributed by atoms with Crippen LogP contribution in [0.25, 0.3) is 0 Å². The summed E-state index contributed by atoms with van der Waals surface area (Å²) in [6.45, 7) is 0.656. The molecule has 1 aromatic heterocycles. The Labute approximate surface area is 138 Å². The number of nitrogens with one attached hydrogen (secondary N) is 1. The molecule has 2 aromatic rings. The summed E-state index contributed by atoms with van der Waals surface area (Å²) in [4.78, 5) is 26.2. The van der Waals surface area contributed by atoms with E-state index in [1.807, 2.05) is 35.7 Å². The number of anilines is 1. The molecule has 5 nitrogen and oxygen atoms in total. The first kappa shape index (κ1) is 15.6. The summed E-state index contributed by atoms with van der Waals surface area (Å²) in [7, 11) is 1.75. The maximum absolute atomic E-state index is 11.9. The summed E-state index contributed by atoms with van der Waals surface area (Å²) in [6, 6.07) is 9.69. The Hall–Kier alpha value is -2.34. The van der Waals surface area contributed by atoms with Crippen LogP contribution in [-0.2, 0) is 22.4 Å². The number of benzene rings is 1. The second-order valence-corrected chi connectivity index (χ2v) is 6.43. The van der Waals surface area contributed by atoms with Gasteiger partial charge in [0.25, 0.3) is 5.91 Å². The number of rotatable bonds is 5. The minimum absolute atomic E-state index is 0.0287. The average Bonchev–Trinajstić information content (AvgIpc) is 3.04. The fourth-order valence-corrected chi connectivity index (χ4v) is 3.16. The second kappa shape index (κ2) is 6.83. The fourth-order valence-electron chi connectivity index (χ4n) is 2.45. The van der Waals surface area contributed by atoms with Crippen molar-refractivity contribution in [3.8, 4) is 5.75 Å². The lowest BCUT2D eigenvalue weighted by molar-refractivity contribution is -0.121. The maximum atomic E-state index is 11.9. The zero-order valence-electron chi connectivity index (χ0n) is 12.9. The summed E-state index contributed by atoms with van der Waals surface area (Å²) in [5.41, 5.74) is 1.84. The highest BCUT2D eigenvalue weighted by Crippen LogP contribution is 2.31. The Balaban J connectivity index is 1.54. The van der Waals surface area contributed by atoms with E-state index in [1.54, 1.807) is 23.3 Å². The van der Waals surface area contributed by atoms with Gasteiger partial charge in [0.05, 0.1) is 12.1 Å². The lowest BCUT2D eigenvalue weighted by Crippen LogP contribution is -2.35. The zero-order chi connectivity index (χ0) is 16.2. The Bertz CT molecular complexity index is 713. The average molecular weight is 330 g/mol. The number of ether oxygens (including phenoxy) is 1. The van der Waals surface area contributed by atoms with Gasteiger partial charge in [0.2, 0.25) is 5.91 Å². The van der Waals surface area contributed by atoms with Crippen molar-refractivity contribution in [3.63, 3.8) is 0 Å². The molecule has 0 saturated carbocycles. The Morgan fingerprint density at radius 1 is 1.39 bits per heavy atom. The predicted octanol–water partition coefficient (Wildman–Crippen LogP) is 2.00. The van der Waals surface area contributed by atoms with Crippen molar-refractivity contribution in [2.75, 3.05) is 25.1 Å². The number of fused-ring (bicyclic) bond motifs is 1. The van der Waals surface area contributed by atoms with E-state index in [2.05, 4.69) is 5.32 Å². The molecule has 0 aliphatic carbocycles. The third kappa shape index (κ3) is 3.71. The van der Waals surface area contributed by atoms with Crippen LogP contribution in [0.4, 0.5) is 5.69 Å². The van der Waals surface area contributed by atoms with Gasteiger partial charge in [0, 0.05) is 18.5 Å². The molecule has 0 radical (unpaired) electrons. The van der Waals surface area contributed by atoms with Crippen LogP contribution in [0, 0.1) is 0 Å². The molecule has 6 heteroatoms. The molecular weight excluding hydrogens is 312 g/mol. The van der Waals surface area contributed by atoms with Crippen molar-refractivity contribution >= 4 is 28.8 Å². The molecule has 0 fully saturated rings. The van der Waals surface area contributed by atoms with Crippen LogP contribution >= 0.6 is 11.3 Å². The van der Waals surface area contributed by atoms with Gasteiger partial charge in [-0.1, -0.05) is 12.1 Å². The largest absolute Gasteiger partial charge is 0.482 e. The highest BCUT2D eigenvalue weighted by atomic mass is 32.1. The normalized spacial score (nSPS) is 13.4. The number of thiophene rings is 1. The Morgan fingerprint density at radius 3 is 3.04 bits per heavy atom. The first-order chi connectivity index (χ1) is 11.1. The minimum Gasteiger partial charge on any atom is -0.482 e. The highest BCUT2D eigenvalue weighted by Gasteiger charge is 2.22. The molecule has 1 N–H and O–H groups in total. The van der Waals surface area contributed by atoms with E-state index in [9.17, 15) is 9.59 Å². The lowest BCUT2D eigenvalue weighted by Gasteiger charge is -2.26. The molecule has 120 valence electrons. The van der Waals surface area contributed by atoms with Gasteiger partial charge in [-0.15, -0.1) is 11.3 Å². The molecule has 0 atom stereocenters. The number of hydrogen-bond donors (Lipinski definition) is 1. The molecule has 0 unspecified atom stereocenters. The number of carbonyl (C=O) groups excluding carboxylic acids is 2. The summed E-state index contributed by atoms with van der Waals surface area (Å²) < 4.78 is 5.40. The van der Waals surface area contributed by atoms with Gasteiger partial charge in [-0.3, -0.25) is 9.59 Å². The first-order valence-electron chi connectivity index (χ1n) is 7.45. The van der Waals surface area contributed by atoms with Crippen LogP contribution in [0.1, 0.15) is 10.4 Å². The van der Waals surface area contributed by atoms with Crippen molar-refractivity contribution in [3.05, 3.63) is 46.2 Å². The first-order valence-corrected chi connectivity index (χ1v) is 8.33. The van der Waals surface area contributed by atoms with E-state index < -0.39 is 0 Å². The van der Waals surface area contributed by atoms with Crippen LogP contribution in [0.15, 0.2) is 35.7 Å². The van der Waals surface area contributed by atoms with Gasteiger partial charge in [0.1, 0.15) is 5.75 Å². The van der Waals surface area contributed by atoms with Crippen LogP contribution in [-0.4, -0.2) is 32.0 Å². The molecular formula is C17H18N2O3S. The van der Waals surface area contributed by atoms with Gasteiger partial charge in [-0.2, -0.15) is 0 Å². The molecule has 3 rings (SSSR count). The monoisotopic (exact) mass is 330 g/mol. The van der Waals surface area contributed by atoms with Crippen LogP contribution in [0.3, 0.4) is 0 Å². The van der Waals surface area contributed by atoms with Crippen LogP contribution in [0.2, 0.25) is 0 Å². The molecule has 2 heterocycles. The SMILES string of the molecule is CN1C(=O)COc2ccc(CCNC(=O)Cc3cccs3)cc21. The second-order valence-electron chi connectivity index (χ2n) is 5.40. The summed E-state index contributed by atoms with van der Waals surface area (Å²) >= 11 is 1.58. The highest BCUT2D eigenvalue weighted by molar-refractivity contribution is 7.10. The molecule has 1 aromatic carbocycles. The van der Waals surface area contributed by atoms with E-state index in [0.717, 1.165) is 21.9 Å². The third-order valence-electron chi connectivity index (χ3n) is 3.76. The third-order valence-corrected chi connectivity index (χ3v) is 4.64. The Kier molecular flexibility index (Phi) is 4.62. The maximum Gasteiger partial charge on any atom is 0.264 e. The molecule has 0 bridgehead atoms. The van der Waals surface area contributed by atoms with Crippen LogP contribution in [0.5, 0.6) is 5.75 Å². The predicted molar refractivity (Wildman–Crippen MR) is 90.1 cm³/mol. The van der Waals surface area contributed by atoms with Crippen molar-refractivity contribution in [1.82, 2.24) is 5.32 Å². The number of amides is 2. The van der Waals surface area contributed by atoms with Crippen molar-refractivity contribution < 1.29 is 14.3 Å². The van der Waals surface area contributed by atoms with Crippen molar-refractivity contribution in [2.24, 2.45) is 0 Å². The topological polar surface area (TPSA) is 58.6 Å². The van der Waals surface area contributed by atoms with E-state index >= 15 is 0 Å². The quantitative estimate of drug-likeness (QED) is 0.912. The van der Waals surface area contributed by atoms with Gasteiger partial charge in [-0.25, -0.2) is 0 Å². The van der Waals surface area contributed by atoms with Crippen molar-refractivity contribution in [1.29, 1.82) is 0 Å². The number of hydrogen-bond acceptors (Lipinski definition) is 4. The summed E-state index contributed by atoms with van der Waals surface area (Å²) in [5.74, 6) is 0.692. The molecule has 1 aliphatic rings. The van der Waals surface area contributed by atoms with Gasteiger partial charge >= 0.3 is 0 Å². The molecule has 23 heavy (non-hydrogen) atoms. The zero-order valence-corrected chi connectivity index (χ0v) is 13.7. The van der Waals surface area contributed by atoms with E-state index in [0.29, 0.717) is 19.4 Å². The van der Waals surface area contributed by atoms with E-state index in [-0.39, 0.29) is 18.4 Å². The lowest BCUT2D eigenvalue weighted by atomic mass is 10.1. The number of nitrogens with zero attached hydrogens (tertiary/aromatic N) is 1. The van der Waals surface area contributed by atoms with Gasteiger partial charge in [0.15, 0.2) is 6.61 Å². The fraction of sp³-hybridized carbons (Fsp3) is 0.294. The summed E-state index contributed by atoms with van der Waals surface area (Å²) in [5, 5.41) is 4.89. The molecule has 1 aliphatic heterocycles. The molecule has 2 amide bonds.